The molecular weight excluding hydrogens is 604 g/mol. The molecule has 0 radical (unpaired) electrons. The van der Waals surface area contributed by atoms with Crippen LogP contribution < -0.4 is 34.6 Å². The largest absolute Gasteiger partial charge is 0.497 e. The zero-order valence-corrected chi connectivity index (χ0v) is 25.7. The number of para-hydroxylation sites is 1. The van der Waals surface area contributed by atoms with E-state index in [1.807, 2.05) is 79.7 Å². The van der Waals surface area contributed by atoms with Gasteiger partial charge in [0.1, 0.15) is 17.5 Å². The van der Waals surface area contributed by atoms with Crippen LogP contribution in [0.1, 0.15) is 24.1 Å². The number of nitrogens with one attached hydrogen (secondary N) is 1. The molecule has 0 unspecified atom stereocenters. The van der Waals surface area contributed by atoms with E-state index in [1.165, 1.54) is 11.3 Å². The van der Waals surface area contributed by atoms with Gasteiger partial charge < -0.3 is 19.7 Å². The molecule has 5 rings (SSSR count). The van der Waals surface area contributed by atoms with Gasteiger partial charge in [-0.25, -0.2) is 4.99 Å². The van der Waals surface area contributed by atoms with Gasteiger partial charge in [-0.15, -0.1) is 0 Å². The molecule has 1 aliphatic heterocycles. The van der Waals surface area contributed by atoms with Crippen LogP contribution in [0.2, 0.25) is 0 Å². The van der Waals surface area contributed by atoms with E-state index in [-0.39, 0.29) is 11.5 Å². The number of carbonyl (C=O) groups excluding carboxylic acids is 1. The van der Waals surface area contributed by atoms with Crippen LogP contribution in [-0.2, 0) is 4.79 Å². The van der Waals surface area contributed by atoms with Gasteiger partial charge in [0.15, 0.2) is 4.80 Å². The van der Waals surface area contributed by atoms with Crippen molar-refractivity contribution in [2.45, 2.75) is 13.0 Å². The fraction of sp³-hybridized carbons (Fsp3) is 0.194. The molecule has 0 saturated heterocycles. The van der Waals surface area contributed by atoms with E-state index < -0.39 is 6.04 Å². The second-order valence-electron chi connectivity index (χ2n) is 9.62. The normalized spacial score (nSPS) is 14.8. The number of thiazole rings is 1. The second kappa shape index (κ2) is 11.8. The van der Waals surface area contributed by atoms with E-state index in [1.54, 1.807) is 37.8 Å². The Morgan fingerprint density at radius 2 is 1.83 bits per heavy atom. The van der Waals surface area contributed by atoms with E-state index in [0.29, 0.717) is 43.4 Å². The minimum atomic E-state index is -0.777. The molecule has 1 aromatic heterocycles. The summed E-state index contributed by atoms with van der Waals surface area (Å²) < 4.78 is 14.1. The lowest BCUT2D eigenvalue weighted by Gasteiger charge is -2.26. The number of ether oxygens (including phenoxy) is 2. The monoisotopic (exact) mass is 632 g/mol. The molecule has 1 aliphatic rings. The van der Waals surface area contributed by atoms with Gasteiger partial charge in [-0.3, -0.25) is 14.2 Å². The van der Waals surface area contributed by atoms with Crippen LogP contribution in [0.4, 0.5) is 11.4 Å². The van der Waals surface area contributed by atoms with Crippen molar-refractivity contribution in [1.29, 1.82) is 0 Å². The van der Waals surface area contributed by atoms with Crippen molar-refractivity contribution in [1.82, 2.24) is 4.57 Å². The molecule has 10 heteroatoms. The van der Waals surface area contributed by atoms with Gasteiger partial charge in [-0.2, -0.15) is 0 Å². The third-order valence-electron chi connectivity index (χ3n) is 6.78. The van der Waals surface area contributed by atoms with E-state index in [4.69, 9.17) is 14.5 Å². The molecule has 1 amide bonds. The molecule has 1 atom stereocenters. The van der Waals surface area contributed by atoms with E-state index in [0.717, 1.165) is 15.7 Å². The Hall–Kier alpha value is -4.15. The first-order valence-corrected chi connectivity index (χ1v) is 14.4. The van der Waals surface area contributed by atoms with Gasteiger partial charge in [0.05, 0.1) is 35.7 Å². The summed E-state index contributed by atoms with van der Waals surface area (Å²) in [6, 6.07) is 19.7. The van der Waals surface area contributed by atoms with E-state index in [9.17, 15) is 9.59 Å². The minimum Gasteiger partial charge on any atom is -0.497 e. The Bertz CT molecular complexity index is 1840. The molecule has 3 aromatic carbocycles. The Morgan fingerprint density at radius 1 is 1.07 bits per heavy atom. The minimum absolute atomic E-state index is 0.248. The number of aromatic nitrogens is 1. The number of nitrogens with zero attached hydrogens (tertiary/aromatic N) is 3. The van der Waals surface area contributed by atoms with Crippen molar-refractivity contribution in [3.8, 4) is 11.5 Å². The van der Waals surface area contributed by atoms with Crippen molar-refractivity contribution < 1.29 is 14.3 Å². The Labute approximate surface area is 250 Å². The first-order chi connectivity index (χ1) is 19.7. The number of carbonyl (C=O) groups is 1. The Kier molecular flexibility index (Phi) is 8.14. The number of amides is 1. The predicted molar refractivity (Wildman–Crippen MR) is 167 cm³/mol. The number of hydrogen-bond donors (Lipinski definition) is 1. The number of benzene rings is 3. The molecule has 8 nitrogen and oxygen atoms in total. The maximum atomic E-state index is 14.1. The summed E-state index contributed by atoms with van der Waals surface area (Å²) in [4.78, 5) is 35.1. The maximum absolute atomic E-state index is 14.1. The summed E-state index contributed by atoms with van der Waals surface area (Å²) in [6.45, 7) is 1.79. The highest BCUT2D eigenvalue weighted by molar-refractivity contribution is 9.10. The molecule has 41 heavy (non-hydrogen) atoms. The maximum Gasteiger partial charge on any atom is 0.271 e. The van der Waals surface area contributed by atoms with Crippen LogP contribution >= 0.6 is 27.3 Å². The third kappa shape index (κ3) is 5.57. The lowest BCUT2D eigenvalue weighted by Crippen LogP contribution is -2.40. The smallest absolute Gasteiger partial charge is 0.271 e. The molecule has 0 saturated carbocycles. The van der Waals surface area contributed by atoms with Gasteiger partial charge in [0, 0.05) is 35.9 Å². The first-order valence-electron chi connectivity index (χ1n) is 12.8. The van der Waals surface area contributed by atoms with Crippen molar-refractivity contribution in [2.75, 3.05) is 38.5 Å². The van der Waals surface area contributed by atoms with Crippen molar-refractivity contribution in [3.63, 3.8) is 0 Å². The van der Waals surface area contributed by atoms with E-state index >= 15 is 0 Å². The van der Waals surface area contributed by atoms with Crippen molar-refractivity contribution in [2.24, 2.45) is 4.99 Å². The van der Waals surface area contributed by atoms with Crippen molar-refractivity contribution >= 4 is 50.6 Å². The predicted octanol–water partition coefficient (Wildman–Crippen LogP) is 4.72. The number of halogens is 1. The van der Waals surface area contributed by atoms with Crippen LogP contribution in [0.15, 0.2) is 92.3 Å². The summed E-state index contributed by atoms with van der Waals surface area (Å²) >= 11 is 4.91. The molecule has 4 aromatic rings. The van der Waals surface area contributed by atoms with Crippen LogP contribution in [0.3, 0.4) is 0 Å². The topological polar surface area (TPSA) is 85.2 Å². The summed E-state index contributed by atoms with van der Waals surface area (Å²) in [6.07, 6.45) is 1.85. The van der Waals surface area contributed by atoms with Crippen LogP contribution in [0.25, 0.3) is 6.08 Å². The molecule has 0 fully saturated rings. The van der Waals surface area contributed by atoms with Crippen molar-refractivity contribution in [3.05, 3.63) is 113 Å². The Morgan fingerprint density at radius 3 is 2.49 bits per heavy atom. The highest BCUT2D eigenvalue weighted by Gasteiger charge is 2.34. The summed E-state index contributed by atoms with van der Waals surface area (Å²) in [5.74, 6) is 0.741. The van der Waals surface area contributed by atoms with E-state index in [2.05, 4.69) is 21.2 Å². The number of rotatable bonds is 7. The number of allylic oxidation sites excluding steroid dienone is 1. The average molecular weight is 634 g/mol. The molecule has 210 valence electrons. The van der Waals surface area contributed by atoms with Gasteiger partial charge in [-0.05, 0) is 70.9 Å². The lowest BCUT2D eigenvalue weighted by atomic mass is 9.94. The fourth-order valence-corrected chi connectivity index (χ4v) is 6.60. The molecular formula is C31H29BrN4O4S. The van der Waals surface area contributed by atoms with Crippen LogP contribution in [0.5, 0.6) is 11.5 Å². The third-order valence-corrected chi connectivity index (χ3v) is 8.40. The first kappa shape index (κ1) is 28.4. The summed E-state index contributed by atoms with van der Waals surface area (Å²) in [5.41, 5.74) is 3.81. The fourth-order valence-electron chi connectivity index (χ4n) is 4.80. The van der Waals surface area contributed by atoms with Gasteiger partial charge in [-0.1, -0.05) is 35.6 Å². The van der Waals surface area contributed by atoms with Gasteiger partial charge in [0.25, 0.3) is 11.5 Å². The SMILES string of the molecule is COc1ccc([C@H]2C(C(=O)Nc3ccccc3)=C(C)N=c3s/c(=C\c4ccc(N(C)C)c(Br)c4)c(=O)n32)c(OC)c1. The molecule has 1 N–H and O–H groups in total. The van der Waals surface area contributed by atoms with Gasteiger partial charge in [0.2, 0.25) is 0 Å². The highest BCUT2D eigenvalue weighted by atomic mass is 79.9. The second-order valence-corrected chi connectivity index (χ2v) is 11.5. The number of hydrogen-bond acceptors (Lipinski definition) is 7. The molecule has 0 spiro atoms. The molecule has 2 heterocycles. The van der Waals surface area contributed by atoms with Crippen LogP contribution in [0, 0.1) is 0 Å². The summed E-state index contributed by atoms with van der Waals surface area (Å²) in [7, 11) is 7.07. The lowest BCUT2D eigenvalue weighted by molar-refractivity contribution is -0.113. The summed E-state index contributed by atoms with van der Waals surface area (Å²) in [5, 5.41) is 2.97. The number of methoxy groups -OCH3 is 2. The highest BCUT2D eigenvalue weighted by Crippen LogP contribution is 2.37. The number of fused-ring (bicyclic) bond motifs is 1. The standard InChI is InChI=1S/C31H29BrN4O4S/c1-18-27(29(37)34-20-9-7-6-8-10-20)28(22-13-12-21(39-4)17-25(22)40-5)36-30(38)26(41-31(36)33-18)16-19-11-14-24(35(2)3)23(32)15-19/h6-17,28H,1-5H3,(H,34,37)/b26-16-/t28-/m0/s1. The molecule has 0 bridgehead atoms. The quantitative estimate of drug-likeness (QED) is 0.319. The number of anilines is 2. The molecule has 0 aliphatic carbocycles. The zero-order chi connectivity index (χ0) is 29.3. The van der Waals surface area contributed by atoms with Gasteiger partial charge >= 0.3 is 0 Å². The Balaban J connectivity index is 1.70. The zero-order valence-electron chi connectivity index (χ0n) is 23.3. The average Bonchev–Trinajstić information content (AvgIpc) is 3.26. The van der Waals surface area contributed by atoms with Crippen LogP contribution in [-0.4, -0.2) is 38.8 Å².